The third-order valence-electron chi connectivity index (χ3n) is 4.45. The number of benzene rings is 2. The maximum atomic E-state index is 11.9. The average molecular weight is 382 g/mol. The number of carbonyl (C=O) groups is 1. The van der Waals surface area contributed by atoms with E-state index in [0.29, 0.717) is 11.3 Å². The second-order valence-corrected chi connectivity index (χ2v) is 6.59. The van der Waals surface area contributed by atoms with E-state index in [1.807, 2.05) is 19.1 Å². The molecule has 1 heterocycles. The van der Waals surface area contributed by atoms with Gasteiger partial charge < -0.3 is 9.64 Å². The van der Waals surface area contributed by atoms with Gasteiger partial charge in [0.25, 0.3) is 11.6 Å². The van der Waals surface area contributed by atoms with Crippen molar-refractivity contribution in [3.63, 3.8) is 0 Å². The molecule has 0 atom stereocenters. The maximum Gasteiger partial charge on any atom is 0.277 e. The molecule has 0 spiro atoms. The number of nitro groups is 1. The van der Waals surface area contributed by atoms with Crippen LogP contribution in [0.15, 0.2) is 47.6 Å². The Bertz CT molecular complexity index is 874. The van der Waals surface area contributed by atoms with E-state index in [1.165, 1.54) is 18.3 Å². The second-order valence-electron chi connectivity index (χ2n) is 6.59. The highest BCUT2D eigenvalue weighted by molar-refractivity contribution is 5.90. The number of aryl methyl sites for hydroxylation is 1. The van der Waals surface area contributed by atoms with E-state index in [1.54, 1.807) is 18.2 Å². The smallest absolute Gasteiger partial charge is 0.277 e. The molecule has 2 aromatic carbocycles. The quantitative estimate of drug-likeness (QED) is 0.451. The number of nitro benzene ring substituents is 1. The minimum absolute atomic E-state index is 0.0153. The van der Waals surface area contributed by atoms with Crippen molar-refractivity contribution >= 4 is 23.5 Å². The molecule has 1 fully saturated rings. The molecule has 0 saturated carbocycles. The number of nitrogens with zero attached hydrogens (tertiary/aromatic N) is 3. The summed E-state index contributed by atoms with van der Waals surface area (Å²) in [6.07, 6.45) is 3.60. The molecule has 1 amide bonds. The standard InChI is InChI=1S/C20H22N4O4/c1-15-4-7-18(8-5-15)28-14-20(25)22-21-13-16-12-17(24(26)27)6-9-19(16)23-10-2-3-11-23/h4-9,12-13H,2-3,10-11,14H2,1H3,(H,22,25). The Balaban J connectivity index is 1.63. The molecule has 1 saturated heterocycles. The van der Waals surface area contributed by atoms with Crippen LogP contribution in [0.3, 0.4) is 0 Å². The summed E-state index contributed by atoms with van der Waals surface area (Å²) < 4.78 is 5.40. The molecule has 146 valence electrons. The summed E-state index contributed by atoms with van der Waals surface area (Å²) in [6.45, 7) is 3.59. The fourth-order valence-corrected chi connectivity index (χ4v) is 2.99. The first-order valence-corrected chi connectivity index (χ1v) is 9.08. The van der Waals surface area contributed by atoms with Gasteiger partial charge in [-0.3, -0.25) is 14.9 Å². The molecule has 28 heavy (non-hydrogen) atoms. The number of amides is 1. The molecule has 0 radical (unpaired) electrons. The van der Waals surface area contributed by atoms with Crippen molar-refractivity contribution in [3.05, 3.63) is 63.7 Å². The summed E-state index contributed by atoms with van der Waals surface area (Å²) in [4.78, 5) is 24.7. The molecular weight excluding hydrogens is 360 g/mol. The molecule has 0 bridgehead atoms. The molecule has 1 aliphatic rings. The zero-order valence-corrected chi connectivity index (χ0v) is 15.6. The van der Waals surface area contributed by atoms with Crippen LogP contribution >= 0.6 is 0 Å². The van der Waals surface area contributed by atoms with E-state index in [9.17, 15) is 14.9 Å². The zero-order chi connectivity index (χ0) is 19.9. The van der Waals surface area contributed by atoms with E-state index in [4.69, 9.17) is 4.74 Å². The van der Waals surface area contributed by atoms with Gasteiger partial charge in [-0.05, 0) is 38.0 Å². The summed E-state index contributed by atoms with van der Waals surface area (Å²) in [5.74, 6) is 0.185. The predicted molar refractivity (Wildman–Crippen MR) is 107 cm³/mol. The number of nitrogens with one attached hydrogen (secondary N) is 1. The van der Waals surface area contributed by atoms with Gasteiger partial charge in [0.1, 0.15) is 5.75 Å². The Hall–Kier alpha value is -3.42. The number of hydrazone groups is 1. The molecule has 2 aromatic rings. The summed E-state index contributed by atoms with van der Waals surface area (Å²) >= 11 is 0. The van der Waals surface area contributed by atoms with Crippen LogP contribution in [0.2, 0.25) is 0 Å². The molecule has 3 rings (SSSR count). The lowest BCUT2D eigenvalue weighted by molar-refractivity contribution is -0.384. The van der Waals surface area contributed by atoms with Crippen molar-refractivity contribution in [1.82, 2.24) is 5.43 Å². The minimum Gasteiger partial charge on any atom is -0.484 e. The molecule has 0 aliphatic carbocycles. The first-order chi connectivity index (χ1) is 13.5. The third-order valence-corrected chi connectivity index (χ3v) is 4.45. The summed E-state index contributed by atoms with van der Waals surface area (Å²) in [5.41, 5.74) is 4.95. The van der Waals surface area contributed by atoms with Gasteiger partial charge in [-0.15, -0.1) is 0 Å². The molecule has 1 aliphatic heterocycles. The number of anilines is 1. The first kappa shape index (κ1) is 19.3. The van der Waals surface area contributed by atoms with Gasteiger partial charge in [-0.25, -0.2) is 5.43 Å². The first-order valence-electron chi connectivity index (χ1n) is 9.08. The lowest BCUT2D eigenvalue weighted by Gasteiger charge is -2.19. The van der Waals surface area contributed by atoms with E-state index >= 15 is 0 Å². The van der Waals surface area contributed by atoms with E-state index < -0.39 is 10.8 Å². The highest BCUT2D eigenvalue weighted by Crippen LogP contribution is 2.27. The number of non-ortho nitro benzene ring substituents is 1. The lowest BCUT2D eigenvalue weighted by Crippen LogP contribution is -2.25. The zero-order valence-electron chi connectivity index (χ0n) is 15.6. The van der Waals surface area contributed by atoms with Gasteiger partial charge in [0.15, 0.2) is 6.61 Å². The largest absolute Gasteiger partial charge is 0.484 e. The Morgan fingerprint density at radius 3 is 2.64 bits per heavy atom. The minimum atomic E-state index is -0.445. The number of ether oxygens (including phenoxy) is 1. The van der Waals surface area contributed by atoms with Crippen molar-refractivity contribution < 1.29 is 14.5 Å². The Kier molecular flexibility index (Phi) is 6.21. The van der Waals surface area contributed by atoms with Crippen LogP contribution in [0.1, 0.15) is 24.0 Å². The van der Waals surface area contributed by atoms with Crippen molar-refractivity contribution in [2.75, 3.05) is 24.6 Å². The predicted octanol–water partition coefficient (Wildman–Crippen LogP) is 3.03. The van der Waals surface area contributed by atoms with E-state index in [0.717, 1.165) is 37.2 Å². The summed E-state index contributed by atoms with van der Waals surface area (Å²) in [7, 11) is 0. The number of carbonyl (C=O) groups excluding carboxylic acids is 1. The Morgan fingerprint density at radius 2 is 1.96 bits per heavy atom. The average Bonchev–Trinajstić information content (AvgIpc) is 3.22. The molecule has 1 N–H and O–H groups in total. The maximum absolute atomic E-state index is 11.9. The van der Waals surface area contributed by atoms with Gasteiger partial charge in [0.2, 0.25) is 0 Å². The van der Waals surface area contributed by atoms with Crippen molar-refractivity contribution in [1.29, 1.82) is 0 Å². The topological polar surface area (TPSA) is 97.1 Å². The van der Waals surface area contributed by atoms with Crippen LogP contribution in [0, 0.1) is 17.0 Å². The van der Waals surface area contributed by atoms with Gasteiger partial charge in [-0.1, -0.05) is 17.7 Å². The normalized spacial score (nSPS) is 13.7. The van der Waals surface area contributed by atoms with Crippen LogP contribution < -0.4 is 15.1 Å². The van der Waals surface area contributed by atoms with E-state index in [-0.39, 0.29) is 12.3 Å². The second kappa shape index (κ2) is 8.98. The Morgan fingerprint density at radius 1 is 1.25 bits per heavy atom. The monoisotopic (exact) mass is 382 g/mol. The van der Waals surface area contributed by atoms with Crippen LogP contribution in [-0.4, -0.2) is 36.7 Å². The van der Waals surface area contributed by atoms with Gasteiger partial charge in [-0.2, -0.15) is 5.10 Å². The molecule has 0 unspecified atom stereocenters. The summed E-state index contributed by atoms with van der Waals surface area (Å²) in [6, 6.07) is 12.0. The SMILES string of the molecule is Cc1ccc(OCC(=O)NN=Cc2cc([N+](=O)[O-])ccc2N2CCCC2)cc1. The van der Waals surface area contributed by atoms with Crippen molar-refractivity contribution in [2.45, 2.75) is 19.8 Å². The highest BCUT2D eigenvalue weighted by atomic mass is 16.6. The van der Waals surface area contributed by atoms with Crippen LogP contribution in [0.25, 0.3) is 0 Å². The fourth-order valence-electron chi connectivity index (χ4n) is 2.99. The number of rotatable bonds is 7. The fraction of sp³-hybridized carbons (Fsp3) is 0.300. The van der Waals surface area contributed by atoms with Crippen molar-refractivity contribution in [2.24, 2.45) is 5.10 Å². The highest BCUT2D eigenvalue weighted by Gasteiger charge is 2.17. The van der Waals surface area contributed by atoms with Crippen LogP contribution in [0.5, 0.6) is 5.75 Å². The number of hydrogen-bond donors (Lipinski definition) is 1. The number of hydrogen-bond acceptors (Lipinski definition) is 6. The molecular formula is C20H22N4O4. The molecule has 8 nitrogen and oxygen atoms in total. The Labute approximate surface area is 163 Å². The van der Waals surface area contributed by atoms with Gasteiger partial charge in [0.05, 0.1) is 11.1 Å². The van der Waals surface area contributed by atoms with Crippen LogP contribution in [-0.2, 0) is 4.79 Å². The van der Waals surface area contributed by atoms with Gasteiger partial charge >= 0.3 is 0 Å². The van der Waals surface area contributed by atoms with Crippen LogP contribution in [0.4, 0.5) is 11.4 Å². The molecule has 8 heteroatoms. The lowest BCUT2D eigenvalue weighted by atomic mass is 10.1. The summed E-state index contributed by atoms with van der Waals surface area (Å²) in [5, 5.41) is 15.0. The van der Waals surface area contributed by atoms with E-state index in [2.05, 4.69) is 15.4 Å². The van der Waals surface area contributed by atoms with Crippen molar-refractivity contribution in [3.8, 4) is 5.75 Å². The van der Waals surface area contributed by atoms with Gasteiger partial charge in [0, 0.05) is 36.5 Å². The molecule has 0 aromatic heterocycles. The third kappa shape index (κ3) is 5.06.